The van der Waals surface area contributed by atoms with Crippen molar-refractivity contribution in [2.24, 2.45) is 7.05 Å². The third-order valence-corrected chi connectivity index (χ3v) is 5.20. The topological polar surface area (TPSA) is 29.9 Å². The van der Waals surface area contributed by atoms with E-state index in [1.807, 2.05) is 18.7 Å². The molecule has 1 N–H and O–H groups in total. The van der Waals surface area contributed by atoms with Crippen molar-refractivity contribution in [3.63, 3.8) is 0 Å². The van der Waals surface area contributed by atoms with E-state index in [0.717, 1.165) is 34.7 Å². The lowest BCUT2D eigenvalue weighted by Gasteiger charge is -2.07. The molecule has 0 atom stereocenters. The summed E-state index contributed by atoms with van der Waals surface area (Å²) < 4.78 is 1.88. The molecule has 112 valence electrons. The Balaban J connectivity index is 1.62. The Morgan fingerprint density at radius 2 is 2.24 bits per heavy atom. The number of thioether (sulfide) groups is 1. The highest BCUT2D eigenvalue weighted by Gasteiger charge is 2.19. The zero-order valence-corrected chi connectivity index (χ0v) is 14.0. The smallest absolute Gasteiger partial charge is 0.0855 e. The molecule has 5 heteroatoms. The number of nitrogens with one attached hydrogen (secondary N) is 1. The molecule has 0 radical (unpaired) electrons. The maximum absolute atomic E-state index is 6.30. The minimum atomic E-state index is 0.748. The van der Waals surface area contributed by atoms with E-state index in [2.05, 4.69) is 34.7 Å². The van der Waals surface area contributed by atoms with Crippen LogP contribution in [0.25, 0.3) is 0 Å². The highest BCUT2D eigenvalue weighted by Crippen LogP contribution is 2.28. The van der Waals surface area contributed by atoms with E-state index < -0.39 is 0 Å². The van der Waals surface area contributed by atoms with Gasteiger partial charge in [0.25, 0.3) is 0 Å². The lowest BCUT2D eigenvalue weighted by molar-refractivity contribution is 0.687. The van der Waals surface area contributed by atoms with Crippen LogP contribution in [0.1, 0.15) is 29.8 Å². The van der Waals surface area contributed by atoms with Crippen LogP contribution in [0, 0.1) is 6.92 Å². The third kappa shape index (κ3) is 3.82. The minimum Gasteiger partial charge on any atom is -0.310 e. The molecule has 0 bridgehead atoms. The van der Waals surface area contributed by atoms with Crippen LogP contribution in [0.4, 0.5) is 0 Å². The van der Waals surface area contributed by atoms with Crippen LogP contribution in [0.2, 0.25) is 5.02 Å². The first-order valence-corrected chi connectivity index (χ1v) is 8.63. The number of halogens is 1. The summed E-state index contributed by atoms with van der Waals surface area (Å²) >= 11 is 8.10. The molecule has 21 heavy (non-hydrogen) atoms. The summed E-state index contributed by atoms with van der Waals surface area (Å²) in [4.78, 5) is 1.28. The fourth-order valence-corrected chi connectivity index (χ4v) is 3.63. The van der Waals surface area contributed by atoms with Crippen LogP contribution >= 0.6 is 23.4 Å². The normalized spacial score (nSPS) is 14.6. The Morgan fingerprint density at radius 3 is 2.90 bits per heavy atom. The number of hydrogen-bond acceptors (Lipinski definition) is 3. The van der Waals surface area contributed by atoms with Crippen LogP contribution in [0.5, 0.6) is 0 Å². The first kappa shape index (κ1) is 14.9. The molecule has 1 aliphatic rings. The molecule has 0 unspecified atom stereocenters. The molecular weight excluding hydrogens is 302 g/mol. The van der Waals surface area contributed by atoms with Crippen LogP contribution in [-0.4, -0.2) is 15.8 Å². The number of hydrogen-bond donors (Lipinski definition) is 1. The fraction of sp³-hybridized carbons (Fsp3) is 0.438. The number of nitrogens with zero attached hydrogens (tertiary/aromatic N) is 2. The van der Waals surface area contributed by atoms with E-state index in [1.165, 1.54) is 23.3 Å². The van der Waals surface area contributed by atoms with E-state index >= 15 is 0 Å². The van der Waals surface area contributed by atoms with Gasteiger partial charge in [-0.15, -0.1) is 11.8 Å². The molecule has 0 spiro atoms. The molecular formula is C16H20ClN3S. The number of rotatable bonds is 6. The van der Waals surface area contributed by atoms with E-state index in [0.29, 0.717) is 0 Å². The van der Waals surface area contributed by atoms with Gasteiger partial charge in [-0.25, -0.2) is 0 Å². The average molecular weight is 322 g/mol. The lowest BCUT2D eigenvalue weighted by Crippen LogP contribution is -2.15. The van der Waals surface area contributed by atoms with E-state index in [-0.39, 0.29) is 0 Å². The summed E-state index contributed by atoms with van der Waals surface area (Å²) in [6.07, 6.45) is 2.65. The molecule has 1 heterocycles. The highest BCUT2D eigenvalue weighted by atomic mass is 35.5. The predicted octanol–water partition coefficient (Wildman–Crippen LogP) is 3.93. The maximum Gasteiger partial charge on any atom is 0.0855 e. The van der Waals surface area contributed by atoms with Crippen LogP contribution in [-0.2, 0) is 19.3 Å². The Labute approximate surface area is 135 Å². The minimum absolute atomic E-state index is 0.748. The number of aryl methyl sites for hydroxylation is 2. The SMILES string of the molecule is Cc1nn(C)c(CSc2cccc(CNC3CC3)c2)c1Cl. The van der Waals surface area contributed by atoms with Crippen molar-refractivity contribution >= 4 is 23.4 Å². The van der Waals surface area contributed by atoms with Crippen molar-refractivity contribution in [3.05, 3.63) is 46.2 Å². The third-order valence-electron chi connectivity index (χ3n) is 3.71. The van der Waals surface area contributed by atoms with Crippen molar-refractivity contribution in [3.8, 4) is 0 Å². The van der Waals surface area contributed by atoms with Gasteiger partial charge < -0.3 is 5.32 Å². The van der Waals surface area contributed by atoms with Gasteiger partial charge in [-0.05, 0) is 37.5 Å². The van der Waals surface area contributed by atoms with Crippen molar-refractivity contribution in [2.75, 3.05) is 0 Å². The Kier molecular flexibility index (Phi) is 4.57. The Morgan fingerprint density at radius 1 is 1.43 bits per heavy atom. The van der Waals surface area contributed by atoms with E-state index in [1.54, 1.807) is 11.8 Å². The average Bonchev–Trinajstić information content (AvgIpc) is 3.26. The zero-order valence-electron chi connectivity index (χ0n) is 12.4. The number of benzene rings is 1. The van der Waals surface area contributed by atoms with E-state index in [4.69, 9.17) is 11.6 Å². The second-order valence-corrected chi connectivity index (χ2v) is 6.99. The van der Waals surface area contributed by atoms with Gasteiger partial charge in [0.2, 0.25) is 0 Å². The molecule has 1 aromatic carbocycles. The molecule has 1 aliphatic carbocycles. The van der Waals surface area contributed by atoms with E-state index in [9.17, 15) is 0 Å². The van der Waals surface area contributed by atoms with Crippen LogP contribution in [0.15, 0.2) is 29.2 Å². The first-order valence-electron chi connectivity index (χ1n) is 7.26. The lowest BCUT2D eigenvalue weighted by atomic mass is 10.2. The summed E-state index contributed by atoms with van der Waals surface area (Å²) in [5.74, 6) is 0.843. The largest absolute Gasteiger partial charge is 0.310 e. The van der Waals surface area contributed by atoms with Crippen molar-refractivity contribution in [2.45, 2.75) is 43.0 Å². The molecule has 3 rings (SSSR count). The predicted molar refractivity (Wildman–Crippen MR) is 88.8 cm³/mol. The van der Waals surface area contributed by atoms with Gasteiger partial charge in [-0.1, -0.05) is 23.7 Å². The van der Waals surface area contributed by atoms with Gasteiger partial charge in [0.15, 0.2) is 0 Å². The molecule has 3 nitrogen and oxygen atoms in total. The van der Waals surface area contributed by atoms with Crippen LogP contribution < -0.4 is 5.32 Å². The second-order valence-electron chi connectivity index (χ2n) is 5.56. The number of aromatic nitrogens is 2. The van der Waals surface area contributed by atoms with Gasteiger partial charge in [0.1, 0.15) is 0 Å². The summed E-state index contributed by atoms with van der Waals surface area (Å²) in [6.45, 7) is 2.91. The molecule has 0 amide bonds. The maximum atomic E-state index is 6.30. The van der Waals surface area contributed by atoms with Gasteiger partial charge in [0, 0.05) is 30.3 Å². The van der Waals surface area contributed by atoms with Crippen LogP contribution in [0.3, 0.4) is 0 Å². The molecule has 0 saturated heterocycles. The van der Waals surface area contributed by atoms with Crippen molar-refractivity contribution in [1.29, 1.82) is 0 Å². The second kappa shape index (κ2) is 6.42. The van der Waals surface area contributed by atoms with Crippen molar-refractivity contribution < 1.29 is 0 Å². The monoisotopic (exact) mass is 321 g/mol. The van der Waals surface area contributed by atoms with Gasteiger partial charge in [-0.3, -0.25) is 4.68 Å². The van der Waals surface area contributed by atoms with Gasteiger partial charge >= 0.3 is 0 Å². The molecule has 0 aliphatic heterocycles. The molecule has 2 aromatic rings. The fourth-order valence-electron chi connectivity index (χ4n) is 2.28. The van der Waals surface area contributed by atoms with Crippen molar-refractivity contribution in [1.82, 2.24) is 15.1 Å². The Bertz CT molecular complexity index is 634. The molecule has 1 fully saturated rings. The zero-order chi connectivity index (χ0) is 14.8. The Hall–Kier alpha value is -0.970. The summed E-state index contributed by atoms with van der Waals surface area (Å²) in [5, 5.41) is 8.70. The highest BCUT2D eigenvalue weighted by molar-refractivity contribution is 7.98. The van der Waals surface area contributed by atoms with Gasteiger partial charge in [0.05, 0.1) is 16.4 Å². The summed E-state index contributed by atoms with van der Waals surface area (Å²) in [5.41, 5.74) is 3.33. The standard InChI is InChI=1S/C16H20ClN3S/c1-11-16(17)15(20(2)19-11)10-21-14-5-3-4-12(8-14)9-18-13-6-7-13/h3-5,8,13,18H,6-7,9-10H2,1-2H3. The summed E-state index contributed by atoms with van der Waals surface area (Å²) in [7, 11) is 1.95. The summed E-state index contributed by atoms with van der Waals surface area (Å²) in [6, 6.07) is 9.47. The molecule has 1 saturated carbocycles. The quantitative estimate of drug-likeness (QED) is 0.818. The molecule has 1 aromatic heterocycles. The van der Waals surface area contributed by atoms with Gasteiger partial charge in [-0.2, -0.15) is 5.10 Å². The first-order chi connectivity index (χ1) is 10.1.